The molecule has 0 N–H and O–H groups in total. The minimum absolute atomic E-state index is 0.641. The van der Waals surface area contributed by atoms with E-state index in [0.29, 0.717) is 5.92 Å². The topological polar surface area (TPSA) is 0 Å². The maximum absolute atomic E-state index is 4.03. The van der Waals surface area contributed by atoms with Gasteiger partial charge in [-0.3, -0.25) is 0 Å². The van der Waals surface area contributed by atoms with Crippen molar-refractivity contribution in [2.45, 2.75) is 52.9 Å². The van der Waals surface area contributed by atoms with Crippen LogP contribution in [0.4, 0.5) is 0 Å². The molecular weight excluding hydrogens is 192 g/mol. The summed E-state index contributed by atoms with van der Waals surface area (Å²) in [4.78, 5) is 0. The summed E-state index contributed by atoms with van der Waals surface area (Å²) in [5, 5.41) is 0. The second-order valence-electron chi connectivity index (χ2n) is 4.87. The van der Waals surface area contributed by atoms with Crippen molar-refractivity contribution in [3.8, 4) is 0 Å². The van der Waals surface area contributed by atoms with Gasteiger partial charge in [0.1, 0.15) is 0 Å². The molecule has 1 aromatic carbocycles. The maximum Gasteiger partial charge on any atom is -0.0127 e. The zero-order valence-corrected chi connectivity index (χ0v) is 11.1. The van der Waals surface area contributed by atoms with Crippen LogP contribution in [0.3, 0.4) is 0 Å². The summed E-state index contributed by atoms with van der Waals surface area (Å²) in [6.45, 7) is 12.8. The zero-order valence-electron chi connectivity index (χ0n) is 11.1. The van der Waals surface area contributed by atoms with E-state index in [1.54, 1.807) is 0 Å². The molecule has 16 heavy (non-hydrogen) atoms. The highest BCUT2D eigenvalue weighted by molar-refractivity contribution is 5.32. The molecule has 0 aliphatic heterocycles. The Balaban J connectivity index is 2.99. The molecule has 0 saturated heterocycles. The fourth-order valence-corrected chi connectivity index (χ4v) is 2.25. The van der Waals surface area contributed by atoms with E-state index >= 15 is 0 Å². The van der Waals surface area contributed by atoms with E-state index in [1.165, 1.54) is 28.7 Å². The third-order valence-electron chi connectivity index (χ3n) is 3.13. The van der Waals surface area contributed by atoms with Gasteiger partial charge >= 0.3 is 0 Å². The smallest absolute Gasteiger partial charge is 0.0127 e. The van der Waals surface area contributed by atoms with Crippen molar-refractivity contribution >= 4 is 0 Å². The minimum Gasteiger partial charge on any atom is -0.100 e. The fourth-order valence-electron chi connectivity index (χ4n) is 2.25. The van der Waals surface area contributed by atoms with Gasteiger partial charge < -0.3 is 0 Å². The largest absolute Gasteiger partial charge is 0.100 e. The van der Waals surface area contributed by atoms with Crippen LogP contribution in [0.2, 0.25) is 0 Å². The molecule has 0 amide bonds. The van der Waals surface area contributed by atoms with Gasteiger partial charge in [-0.25, -0.2) is 0 Å². The van der Waals surface area contributed by atoms with E-state index in [2.05, 4.69) is 52.5 Å². The summed E-state index contributed by atoms with van der Waals surface area (Å²) >= 11 is 0. The van der Waals surface area contributed by atoms with E-state index in [1.807, 2.05) is 0 Å². The summed E-state index contributed by atoms with van der Waals surface area (Å²) in [6, 6.07) is 6.98. The lowest BCUT2D eigenvalue weighted by Crippen LogP contribution is -2.00. The molecule has 0 saturated carbocycles. The molecule has 0 spiro atoms. The maximum atomic E-state index is 4.03. The van der Waals surface area contributed by atoms with Crippen LogP contribution in [-0.2, 0) is 6.42 Å². The fraction of sp³-hybridized carbons (Fsp3) is 0.500. The molecule has 0 aliphatic carbocycles. The Bertz CT molecular complexity index is 360. The van der Waals surface area contributed by atoms with Gasteiger partial charge in [-0.05, 0) is 50.2 Å². The quantitative estimate of drug-likeness (QED) is 0.606. The van der Waals surface area contributed by atoms with Crippen LogP contribution in [0.25, 0.3) is 0 Å². The summed E-state index contributed by atoms with van der Waals surface area (Å²) in [7, 11) is 0. The molecular formula is C16H24. The van der Waals surface area contributed by atoms with Crippen molar-refractivity contribution in [2.75, 3.05) is 0 Å². The molecule has 0 aliphatic rings. The summed E-state index contributed by atoms with van der Waals surface area (Å²) in [6.07, 6.45) is 3.43. The van der Waals surface area contributed by atoms with Crippen molar-refractivity contribution in [1.29, 1.82) is 0 Å². The Morgan fingerprint density at radius 2 is 1.94 bits per heavy atom. The van der Waals surface area contributed by atoms with E-state index in [9.17, 15) is 0 Å². The van der Waals surface area contributed by atoms with Gasteiger partial charge in [-0.2, -0.15) is 0 Å². The lowest BCUT2D eigenvalue weighted by atomic mass is 9.88. The second-order valence-corrected chi connectivity index (χ2v) is 4.87. The number of benzene rings is 1. The molecule has 1 unspecified atom stereocenters. The van der Waals surface area contributed by atoms with Gasteiger partial charge in [0.05, 0.1) is 0 Å². The molecule has 0 aromatic heterocycles. The van der Waals surface area contributed by atoms with E-state index in [4.69, 9.17) is 0 Å². The minimum atomic E-state index is 0.641. The monoisotopic (exact) mass is 216 g/mol. The summed E-state index contributed by atoms with van der Waals surface area (Å²) < 4.78 is 0. The van der Waals surface area contributed by atoms with Crippen LogP contribution in [-0.4, -0.2) is 0 Å². The molecule has 88 valence electrons. The number of allylic oxidation sites excluding steroid dienone is 1. The van der Waals surface area contributed by atoms with Gasteiger partial charge in [-0.1, -0.05) is 43.2 Å². The predicted octanol–water partition coefficient (Wildman–Crippen LogP) is 5.02. The average molecular weight is 216 g/mol. The van der Waals surface area contributed by atoms with Gasteiger partial charge in [-0.15, -0.1) is 6.58 Å². The third-order valence-corrected chi connectivity index (χ3v) is 3.13. The van der Waals surface area contributed by atoms with E-state index < -0.39 is 0 Å². The molecule has 0 heterocycles. The first kappa shape index (κ1) is 13.0. The molecule has 1 aromatic rings. The molecule has 0 radical (unpaired) electrons. The highest BCUT2D eigenvalue weighted by Crippen LogP contribution is 2.27. The van der Waals surface area contributed by atoms with Crippen LogP contribution >= 0.6 is 0 Å². The highest BCUT2D eigenvalue weighted by Gasteiger charge is 2.10. The Morgan fingerprint density at radius 3 is 2.44 bits per heavy atom. The van der Waals surface area contributed by atoms with Crippen LogP contribution in [0.15, 0.2) is 30.4 Å². The van der Waals surface area contributed by atoms with Crippen molar-refractivity contribution in [2.24, 2.45) is 0 Å². The SMILES string of the molecule is C=C(C)CC(CC)c1cc(C)cc(CC)c1. The Morgan fingerprint density at radius 1 is 1.25 bits per heavy atom. The lowest BCUT2D eigenvalue weighted by molar-refractivity contribution is 0.655. The predicted molar refractivity (Wildman–Crippen MR) is 73.0 cm³/mol. The van der Waals surface area contributed by atoms with Gasteiger partial charge in [0.15, 0.2) is 0 Å². The second kappa shape index (κ2) is 5.89. The number of rotatable bonds is 5. The van der Waals surface area contributed by atoms with Gasteiger partial charge in [0.2, 0.25) is 0 Å². The zero-order chi connectivity index (χ0) is 12.1. The highest BCUT2D eigenvalue weighted by atomic mass is 14.2. The molecule has 1 atom stereocenters. The van der Waals surface area contributed by atoms with E-state index in [-0.39, 0.29) is 0 Å². The van der Waals surface area contributed by atoms with Crippen molar-refractivity contribution < 1.29 is 0 Å². The number of hydrogen-bond acceptors (Lipinski definition) is 0. The molecule has 0 fully saturated rings. The van der Waals surface area contributed by atoms with Gasteiger partial charge in [0.25, 0.3) is 0 Å². The van der Waals surface area contributed by atoms with Crippen LogP contribution in [0.1, 0.15) is 56.2 Å². The normalized spacial score (nSPS) is 12.5. The first-order valence-corrected chi connectivity index (χ1v) is 6.31. The average Bonchev–Trinajstić information content (AvgIpc) is 2.24. The van der Waals surface area contributed by atoms with Crippen LogP contribution < -0.4 is 0 Å². The van der Waals surface area contributed by atoms with Gasteiger partial charge in [0, 0.05) is 0 Å². The van der Waals surface area contributed by atoms with Crippen molar-refractivity contribution in [3.05, 3.63) is 47.0 Å². The van der Waals surface area contributed by atoms with Crippen molar-refractivity contribution in [1.82, 2.24) is 0 Å². The number of hydrogen-bond donors (Lipinski definition) is 0. The first-order chi connectivity index (χ1) is 7.56. The Labute approximate surface area is 100 Å². The van der Waals surface area contributed by atoms with Crippen LogP contribution in [0.5, 0.6) is 0 Å². The van der Waals surface area contributed by atoms with E-state index in [0.717, 1.165) is 12.8 Å². The first-order valence-electron chi connectivity index (χ1n) is 6.31. The molecule has 0 heteroatoms. The van der Waals surface area contributed by atoms with Crippen LogP contribution in [0, 0.1) is 6.92 Å². The summed E-state index contributed by atoms with van der Waals surface area (Å²) in [5.74, 6) is 0.641. The standard InChI is InChI=1S/C16H24/c1-6-14-9-13(5)10-16(11-14)15(7-2)8-12(3)4/h9-11,15H,3,6-8H2,1-2,4-5H3. The summed E-state index contributed by atoms with van der Waals surface area (Å²) in [5.41, 5.74) is 5.61. The third kappa shape index (κ3) is 3.52. The molecule has 1 rings (SSSR count). The van der Waals surface area contributed by atoms with Crippen molar-refractivity contribution in [3.63, 3.8) is 0 Å². The molecule has 0 bridgehead atoms. The number of aryl methyl sites for hydroxylation is 2. The lowest BCUT2D eigenvalue weighted by Gasteiger charge is -2.17. The molecule has 0 nitrogen and oxygen atoms in total. The Hall–Kier alpha value is -1.04. The Kier molecular flexibility index (Phi) is 4.79.